The maximum Gasteiger partial charge on any atom is 0.479 e. The highest BCUT2D eigenvalue weighted by atomic mass is 31.3. The average Bonchev–Trinajstić information content (AvgIpc) is 3.12. The van der Waals surface area contributed by atoms with Gasteiger partial charge in [0.15, 0.2) is 23.3 Å². The molecular weight excluding hydrogens is 503 g/mol. The molecule has 180 valence electrons. The van der Waals surface area contributed by atoms with Crippen LogP contribution in [0.25, 0.3) is 11.2 Å². The number of aliphatic hydroxyl groups excluding tert-OH is 2. The van der Waals surface area contributed by atoms with Crippen LogP contribution in [0.1, 0.15) is 6.23 Å². The molecule has 6 atom stereocenters. The van der Waals surface area contributed by atoms with Crippen LogP contribution in [0.3, 0.4) is 0 Å². The number of phosphoric ester groups is 1. The molecule has 2 unspecified atom stereocenters. The van der Waals surface area contributed by atoms with Crippen LogP contribution >= 0.6 is 23.0 Å². The van der Waals surface area contributed by atoms with E-state index in [0.29, 0.717) is 0 Å². The minimum atomic E-state index is -5.35. The van der Waals surface area contributed by atoms with Gasteiger partial charge in [-0.15, -0.1) is 0 Å². The van der Waals surface area contributed by atoms with Crippen LogP contribution in [0, 0.1) is 0 Å². The Bertz CT molecular complexity index is 1210. The van der Waals surface area contributed by atoms with Crippen molar-refractivity contribution in [3.8, 4) is 0 Å². The van der Waals surface area contributed by atoms with Gasteiger partial charge in [-0.1, -0.05) is 0 Å². The Kier molecular flexibility index (Phi) is 6.81. The highest BCUT2D eigenvalue weighted by molar-refractivity contribution is 7.73. The van der Waals surface area contributed by atoms with Gasteiger partial charge in [0.2, 0.25) is 5.95 Å². The SMILES string of the molecule is Nc1nc2c(ncn2[C@@H]2O[C@H](COP(=O)(O)OP(=O)(O)CP(=O)(O)O)[C@H](O)[C@@H]2O)c(=O)[nH]1. The predicted octanol–water partition coefficient (Wildman–Crippen LogP) is -2.22. The Morgan fingerprint density at radius 3 is 2.47 bits per heavy atom. The Labute approximate surface area is 176 Å². The van der Waals surface area contributed by atoms with Crippen LogP contribution in [0.4, 0.5) is 5.95 Å². The summed E-state index contributed by atoms with van der Waals surface area (Å²) in [4.78, 5) is 58.1. The third-order valence-electron chi connectivity index (χ3n) is 4.06. The highest BCUT2D eigenvalue weighted by Crippen LogP contribution is 2.65. The smallest absolute Gasteiger partial charge is 0.387 e. The summed E-state index contributed by atoms with van der Waals surface area (Å²) < 4.78 is 49.1. The highest BCUT2D eigenvalue weighted by Gasteiger charge is 2.46. The van der Waals surface area contributed by atoms with Crippen molar-refractivity contribution in [1.29, 1.82) is 0 Å². The second-order valence-corrected chi connectivity index (χ2v) is 12.2. The van der Waals surface area contributed by atoms with Crippen LogP contribution in [0.15, 0.2) is 11.1 Å². The number of aromatic nitrogens is 4. The summed E-state index contributed by atoms with van der Waals surface area (Å²) in [5.41, 5.74) is 4.55. The van der Waals surface area contributed by atoms with E-state index in [1.54, 1.807) is 0 Å². The molecule has 2 aromatic heterocycles. The van der Waals surface area contributed by atoms with Gasteiger partial charge < -0.3 is 40.3 Å². The first kappa shape index (κ1) is 25.1. The van der Waals surface area contributed by atoms with Crippen molar-refractivity contribution in [2.24, 2.45) is 0 Å². The number of nitrogens with two attached hydrogens (primary N) is 1. The maximum absolute atomic E-state index is 11.9. The molecule has 1 saturated heterocycles. The van der Waals surface area contributed by atoms with Crippen molar-refractivity contribution in [1.82, 2.24) is 19.5 Å². The second kappa shape index (κ2) is 8.68. The van der Waals surface area contributed by atoms with Crippen LogP contribution < -0.4 is 11.3 Å². The summed E-state index contributed by atoms with van der Waals surface area (Å²) in [6.45, 7) is -0.957. The molecule has 3 heterocycles. The molecule has 1 aliphatic rings. The fraction of sp³-hybridized carbons (Fsp3) is 0.545. The first-order chi connectivity index (χ1) is 14.6. The number of aliphatic hydroxyl groups is 2. The standard InChI is InChI=1S/C11H18N5O13P3/c12-11-14-8-5(9(19)15-11)13-2-16(8)10-7(18)6(17)4(28-10)1-27-32(25,26)29-31(23,24)3-30(20,21)22/h2,4,6-7,10,17-18H,1,3H2,(H,23,24)(H,25,26)(H2,20,21,22)(H3,12,14,15,19)/t4-,6+,7+,10-/m1/s1. The van der Waals surface area contributed by atoms with E-state index >= 15 is 0 Å². The number of rotatable bonds is 8. The number of phosphoric acid groups is 1. The van der Waals surface area contributed by atoms with E-state index in [4.69, 9.17) is 20.3 Å². The quantitative estimate of drug-likeness (QED) is 0.171. The monoisotopic (exact) mass is 521 g/mol. The Hall–Kier alpha value is -1.52. The van der Waals surface area contributed by atoms with Gasteiger partial charge in [0.1, 0.15) is 18.3 Å². The summed E-state index contributed by atoms with van der Waals surface area (Å²) in [6, 6.07) is 0. The molecule has 0 spiro atoms. The minimum Gasteiger partial charge on any atom is -0.387 e. The van der Waals surface area contributed by atoms with E-state index in [1.165, 1.54) is 0 Å². The first-order valence-electron chi connectivity index (χ1n) is 8.37. The molecule has 2 aromatic rings. The molecule has 18 nitrogen and oxygen atoms in total. The van der Waals surface area contributed by atoms with Crippen molar-refractivity contribution >= 4 is 40.1 Å². The summed E-state index contributed by atoms with van der Waals surface area (Å²) in [6.07, 6.45) is -5.19. The number of H-pyrrole nitrogens is 1. The van der Waals surface area contributed by atoms with Crippen molar-refractivity contribution in [2.75, 3.05) is 18.2 Å². The molecule has 1 aliphatic heterocycles. The lowest BCUT2D eigenvalue weighted by molar-refractivity contribution is -0.0501. The fourth-order valence-electron chi connectivity index (χ4n) is 2.84. The molecule has 3 rings (SSSR count). The van der Waals surface area contributed by atoms with Gasteiger partial charge in [-0.25, -0.2) is 13.9 Å². The maximum atomic E-state index is 11.9. The number of nitrogen functional groups attached to an aromatic ring is 1. The second-order valence-electron chi connectivity index (χ2n) is 6.61. The molecule has 0 aromatic carbocycles. The number of nitrogens with zero attached hydrogens (tertiary/aromatic N) is 3. The zero-order valence-corrected chi connectivity index (χ0v) is 18.3. The number of imidazole rings is 1. The molecule has 0 bridgehead atoms. The van der Waals surface area contributed by atoms with E-state index in [9.17, 15) is 38.5 Å². The van der Waals surface area contributed by atoms with Gasteiger partial charge in [-0.05, 0) is 0 Å². The molecule has 0 aliphatic carbocycles. The molecule has 32 heavy (non-hydrogen) atoms. The molecule has 1 fully saturated rings. The molecular formula is C11H18N5O13P3. The van der Waals surface area contributed by atoms with Gasteiger partial charge in [-0.3, -0.25) is 28.0 Å². The van der Waals surface area contributed by atoms with Crippen molar-refractivity contribution in [3.63, 3.8) is 0 Å². The third-order valence-corrected chi connectivity index (χ3v) is 9.28. The lowest BCUT2D eigenvalue weighted by Gasteiger charge is -2.19. The number of nitrogens with one attached hydrogen (secondary N) is 1. The van der Waals surface area contributed by atoms with Crippen molar-refractivity contribution in [3.05, 3.63) is 16.7 Å². The van der Waals surface area contributed by atoms with E-state index in [-0.39, 0.29) is 17.1 Å². The van der Waals surface area contributed by atoms with Gasteiger partial charge in [0.05, 0.1) is 12.9 Å². The van der Waals surface area contributed by atoms with E-state index < -0.39 is 65.6 Å². The lowest BCUT2D eigenvalue weighted by Crippen LogP contribution is -2.33. The number of aromatic amines is 1. The molecule has 21 heteroatoms. The normalized spacial score (nSPS) is 27.9. The zero-order valence-electron chi connectivity index (χ0n) is 15.6. The summed E-state index contributed by atoms with van der Waals surface area (Å²) in [5, 5.41) is 20.5. The van der Waals surface area contributed by atoms with Crippen molar-refractivity contribution < 1.29 is 57.1 Å². The van der Waals surface area contributed by atoms with E-state index in [2.05, 4.69) is 23.8 Å². The number of anilines is 1. The summed E-state index contributed by atoms with van der Waals surface area (Å²) in [5.74, 6) is -2.00. The van der Waals surface area contributed by atoms with E-state index in [0.717, 1.165) is 10.9 Å². The van der Waals surface area contributed by atoms with Crippen LogP contribution in [0.5, 0.6) is 0 Å². The average molecular weight is 521 g/mol. The summed E-state index contributed by atoms with van der Waals surface area (Å²) >= 11 is 0. The molecule has 0 radical (unpaired) electrons. The third kappa shape index (κ3) is 5.69. The van der Waals surface area contributed by atoms with Gasteiger partial charge in [-0.2, -0.15) is 4.98 Å². The van der Waals surface area contributed by atoms with Gasteiger partial charge in [0, 0.05) is 0 Å². The van der Waals surface area contributed by atoms with Crippen LogP contribution in [-0.2, 0) is 27.3 Å². The van der Waals surface area contributed by atoms with Crippen LogP contribution in [0.2, 0.25) is 0 Å². The number of hydrogen-bond donors (Lipinski definition) is 8. The zero-order chi connectivity index (χ0) is 24.1. The Morgan fingerprint density at radius 2 is 1.84 bits per heavy atom. The van der Waals surface area contributed by atoms with E-state index in [1.807, 2.05) is 0 Å². The largest absolute Gasteiger partial charge is 0.479 e. The molecule has 9 N–H and O–H groups in total. The Balaban J connectivity index is 1.72. The fourth-order valence-corrected chi connectivity index (χ4v) is 7.18. The Morgan fingerprint density at radius 1 is 1.19 bits per heavy atom. The van der Waals surface area contributed by atoms with Gasteiger partial charge >= 0.3 is 23.0 Å². The topological polar surface area (TPSA) is 290 Å². The summed E-state index contributed by atoms with van der Waals surface area (Å²) in [7, 11) is -15.7. The van der Waals surface area contributed by atoms with Crippen molar-refractivity contribution in [2.45, 2.75) is 24.5 Å². The predicted molar refractivity (Wildman–Crippen MR) is 102 cm³/mol. The number of hydrogen-bond acceptors (Lipinski definition) is 12. The first-order valence-corrected chi connectivity index (χ1v) is 13.4. The van der Waals surface area contributed by atoms with Gasteiger partial charge in [0.25, 0.3) is 5.56 Å². The number of ether oxygens (including phenoxy) is 1. The minimum absolute atomic E-state index is 0.0983. The lowest BCUT2D eigenvalue weighted by atomic mass is 10.1. The number of fused-ring (bicyclic) bond motifs is 1. The van der Waals surface area contributed by atoms with Crippen LogP contribution in [-0.4, -0.2) is 80.1 Å². The molecule has 0 saturated carbocycles. The molecule has 0 amide bonds.